The minimum Gasteiger partial charge on any atom is -0.383 e. The van der Waals surface area contributed by atoms with Crippen molar-refractivity contribution in [1.29, 1.82) is 5.26 Å². The van der Waals surface area contributed by atoms with Crippen molar-refractivity contribution in [3.8, 4) is 6.07 Å². The molecule has 0 saturated carbocycles. The molecule has 0 atom stereocenters. The summed E-state index contributed by atoms with van der Waals surface area (Å²) in [6.45, 7) is 2.88. The normalized spacial score (nSPS) is 10.1. The number of rotatable bonds is 4. The van der Waals surface area contributed by atoms with Crippen LogP contribution in [0.3, 0.4) is 0 Å². The molecule has 0 spiro atoms. The summed E-state index contributed by atoms with van der Waals surface area (Å²) >= 11 is 0. The summed E-state index contributed by atoms with van der Waals surface area (Å²) < 4.78 is 0. The van der Waals surface area contributed by atoms with Gasteiger partial charge in [-0.15, -0.1) is 0 Å². The molecule has 0 unspecified atom stereocenters. The molecule has 86 valence electrons. The fraction of sp³-hybridized carbons (Fsp3) is 0.286. The predicted octanol–water partition coefficient (Wildman–Crippen LogP) is 3.26. The van der Waals surface area contributed by atoms with Crippen molar-refractivity contribution < 1.29 is 0 Å². The molecule has 0 amide bonds. The van der Waals surface area contributed by atoms with Gasteiger partial charge in [0.15, 0.2) is 0 Å². The third-order valence-electron chi connectivity index (χ3n) is 2.63. The van der Waals surface area contributed by atoms with E-state index in [0.29, 0.717) is 6.42 Å². The smallest absolute Gasteiger partial charge is 0.0933 e. The van der Waals surface area contributed by atoms with E-state index in [1.807, 2.05) is 6.07 Å². The average molecular weight is 225 g/mol. The average Bonchev–Trinajstić information content (AvgIpc) is 2.34. The van der Waals surface area contributed by atoms with Gasteiger partial charge in [-0.2, -0.15) is 5.26 Å². The standard InChI is InChI=1S/C14H15N3/c1-11-9-12-5-4-8-17-14(12)13(10-11)16-7-3-2-6-15/h4-5,8-10,16H,2-3,7H2,1H3. The third-order valence-corrected chi connectivity index (χ3v) is 2.63. The number of aromatic nitrogens is 1. The number of nitriles is 1. The summed E-state index contributed by atoms with van der Waals surface area (Å²) in [4.78, 5) is 4.39. The van der Waals surface area contributed by atoms with Crippen LogP contribution in [0, 0.1) is 18.3 Å². The Balaban J connectivity index is 2.23. The number of unbranched alkanes of at least 4 members (excludes halogenated alkanes) is 1. The Morgan fingerprint density at radius 3 is 3.12 bits per heavy atom. The van der Waals surface area contributed by atoms with Gasteiger partial charge >= 0.3 is 0 Å². The highest BCUT2D eigenvalue weighted by molar-refractivity contribution is 5.90. The Morgan fingerprint density at radius 2 is 2.29 bits per heavy atom. The molecule has 0 bridgehead atoms. The van der Waals surface area contributed by atoms with Crippen LogP contribution in [0.2, 0.25) is 0 Å². The highest BCUT2D eigenvalue weighted by Gasteiger charge is 2.02. The Bertz CT molecular complexity index is 555. The van der Waals surface area contributed by atoms with E-state index >= 15 is 0 Å². The van der Waals surface area contributed by atoms with Crippen LogP contribution in [-0.4, -0.2) is 11.5 Å². The summed E-state index contributed by atoms with van der Waals surface area (Å²) in [5, 5.41) is 13.0. The summed E-state index contributed by atoms with van der Waals surface area (Å²) in [7, 11) is 0. The molecule has 3 nitrogen and oxygen atoms in total. The van der Waals surface area contributed by atoms with Crippen molar-refractivity contribution in [2.45, 2.75) is 19.8 Å². The zero-order valence-electron chi connectivity index (χ0n) is 9.90. The Morgan fingerprint density at radius 1 is 1.41 bits per heavy atom. The first-order valence-electron chi connectivity index (χ1n) is 5.77. The maximum Gasteiger partial charge on any atom is 0.0933 e. The lowest BCUT2D eigenvalue weighted by atomic mass is 10.1. The molecule has 3 heteroatoms. The first kappa shape index (κ1) is 11.4. The molecule has 0 saturated heterocycles. The SMILES string of the molecule is Cc1cc(NCCCC#N)c2ncccc2c1. The fourth-order valence-corrected chi connectivity index (χ4v) is 1.87. The van der Waals surface area contributed by atoms with Gasteiger partial charge in [-0.3, -0.25) is 4.98 Å². The lowest BCUT2D eigenvalue weighted by Gasteiger charge is -2.09. The summed E-state index contributed by atoms with van der Waals surface area (Å²) in [5.74, 6) is 0. The van der Waals surface area contributed by atoms with E-state index in [0.717, 1.165) is 29.6 Å². The molecule has 0 radical (unpaired) electrons. The van der Waals surface area contributed by atoms with Crippen molar-refractivity contribution in [2.75, 3.05) is 11.9 Å². The molecular formula is C14H15N3. The van der Waals surface area contributed by atoms with Crippen LogP contribution in [0.5, 0.6) is 0 Å². The zero-order valence-corrected chi connectivity index (χ0v) is 9.90. The molecule has 1 N–H and O–H groups in total. The highest BCUT2D eigenvalue weighted by atomic mass is 14.9. The first-order valence-corrected chi connectivity index (χ1v) is 5.77. The molecular weight excluding hydrogens is 210 g/mol. The number of pyridine rings is 1. The molecule has 0 aliphatic carbocycles. The van der Waals surface area contributed by atoms with Gasteiger partial charge in [0.2, 0.25) is 0 Å². The van der Waals surface area contributed by atoms with E-state index in [9.17, 15) is 0 Å². The van der Waals surface area contributed by atoms with E-state index in [4.69, 9.17) is 5.26 Å². The molecule has 0 fully saturated rings. The lowest BCUT2D eigenvalue weighted by Crippen LogP contribution is -2.02. The number of nitrogens with one attached hydrogen (secondary N) is 1. The zero-order chi connectivity index (χ0) is 12.1. The van der Waals surface area contributed by atoms with Gasteiger partial charge in [-0.1, -0.05) is 6.07 Å². The molecule has 1 heterocycles. The van der Waals surface area contributed by atoms with E-state index in [1.54, 1.807) is 6.20 Å². The molecule has 0 aliphatic heterocycles. The summed E-state index contributed by atoms with van der Waals surface area (Å²) in [6, 6.07) is 10.4. The second-order valence-corrected chi connectivity index (χ2v) is 4.08. The van der Waals surface area contributed by atoms with E-state index in [2.05, 4.69) is 41.5 Å². The van der Waals surface area contributed by atoms with Crippen LogP contribution in [0.15, 0.2) is 30.5 Å². The van der Waals surface area contributed by atoms with Crippen molar-refractivity contribution in [1.82, 2.24) is 4.98 Å². The molecule has 2 rings (SSSR count). The van der Waals surface area contributed by atoms with Crippen molar-refractivity contribution in [3.05, 3.63) is 36.0 Å². The number of benzene rings is 1. The number of hydrogen-bond donors (Lipinski definition) is 1. The van der Waals surface area contributed by atoms with Crippen molar-refractivity contribution in [2.24, 2.45) is 0 Å². The van der Waals surface area contributed by atoms with Crippen LogP contribution >= 0.6 is 0 Å². The fourth-order valence-electron chi connectivity index (χ4n) is 1.87. The maximum absolute atomic E-state index is 8.49. The van der Waals surface area contributed by atoms with E-state index in [-0.39, 0.29) is 0 Å². The second kappa shape index (κ2) is 5.31. The Kier molecular flexibility index (Phi) is 3.56. The number of hydrogen-bond acceptors (Lipinski definition) is 3. The topological polar surface area (TPSA) is 48.7 Å². The quantitative estimate of drug-likeness (QED) is 0.812. The van der Waals surface area contributed by atoms with Gasteiger partial charge in [-0.25, -0.2) is 0 Å². The van der Waals surface area contributed by atoms with Gasteiger partial charge in [0, 0.05) is 24.5 Å². The summed E-state index contributed by atoms with van der Waals surface area (Å²) in [5.41, 5.74) is 3.27. The van der Waals surface area contributed by atoms with Gasteiger partial charge in [0.25, 0.3) is 0 Å². The largest absolute Gasteiger partial charge is 0.383 e. The van der Waals surface area contributed by atoms with Gasteiger partial charge in [0.05, 0.1) is 17.3 Å². The molecule has 17 heavy (non-hydrogen) atoms. The van der Waals surface area contributed by atoms with Crippen LogP contribution < -0.4 is 5.32 Å². The molecule has 1 aromatic heterocycles. The Labute approximate surface area is 101 Å². The molecule has 1 aromatic carbocycles. The minimum absolute atomic E-state index is 0.587. The van der Waals surface area contributed by atoms with Gasteiger partial charge < -0.3 is 5.32 Å². The predicted molar refractivity (Wildman–Crippen MR) is 69.8 cm³/mol. The van der Waals surface area contributed by atoms with Gasteiger partial charge in [-0.05, 0) is 37.1 Å². The summed E-state index contributed by atoms with van der Waals surface area (Å²) in [6.07, 6.45) is 3.25. The second-order valence-electron chi connectivity index (χ2n) is 4.08. The van der Waals surface area contributed by atoms with E-state index in [1.165, 1.54) is 5.56 Å². The van der Waals surface area contributed by atoms with Crippen LogP contribution in [0.4, 0.5) is 5.69 Å². The number of nitrogens with zero attached hydrogens (tertiary/aromatic N) is 2. The lowest BCUT2D eigenvalue weighted by molar-refractivity contribution is 0.898. The Hall–Kier alpha value is -2.08. The highest BCUT2D eigenvalue weighted by Crippen LogP contribution is 2.23. The van der Waals surface area contributed by atoms with Crippen molar-refractivity contribution in [3.63, 3.8) is 0 Å². The number of anilines is 1. The first-order chi connectivity index (χ1) is 8.31. The van der Waals surface area contributed by atoms with Crippen molar-refractivity contribution >= 4 is 16.6 Å². The molecule has 0 aliphatic rings. The van der Waals surface area contributed by atoms with Gasteiger partial charge in [0.1, 0.15) is 0 Å². The monoisotopic (exact) mass is 225 g/mol. The van der Waals surface area contributed by atoms with Crippen LogP contribution in [-0.2, 0) is 0 Å². The maximum atomic E-state index is 8.49. The molecule has 2 aromatic rings. The van der Waals surface area contributed by atoms with E-state index < -0.39 is 0 Å². The number of fused-ring (bicyclic) bond motifs is 1. The van der Waals surface area contributed by atoms with Crippen LogP contribution in [0.1, 0.15) is 18.4 Å². The van der Waals surface area contributed by atoms with Crippen LogP contribution in [0.25, 0.3) is 10.9 Å². The minimum atomic E-state index is 0.587. The number of aryl methyl sites for hydroxylation is 1. The third kappa shape index (κ3) is 2.73.